The van der Waals surface area contributed by atoms with Crippen LogP contribution in [0.5, 0.6) is 0 Å². The summed E-state index contributed by atoms with van der Waals surface area (Å²) in [5, 5.41) is 5.33. The average Bonchev–Trinajstić information content (AvgIpc) is 2.35. The number of nitrogens with one attached hydrogen (secondary N) is 2. The fraction of sp³-hybridized carbons (Fsp3) is 0.133. The van der Waals surface area contributed by atoms with E-state index in [0.717, 1.165) is 5.56 Å². The highest BCUT2D eigenvalue weighted by Gasteiger charge is 2.07. The Morgan fingerprint density at radius 1 is 1.05 bits per heavy atom. The van der Waals surface area contributed by atoms with Crippen molar-refractivity contribution in [1.82, 2.24) is 0 Å². The van der Waals surface area contributed by atoms with Crippen LogP contribution in [0.1, 0.15) is 11.1 Å². The Labute approximate surface area is 111 Å². The minimum Gasteiger partial charge on any atom is -0.308 e. The van der Waals surface area contributed by atoms with Crippen molar-refractivity contribution in [2.45, 2.75) is 13.8 Å². The zero-order chi connectivity index (χ0) is 13.8. The van der Waals surface area contributed by atoms with E-state index in [2.05, 4.69) is 10.6 Å². The third-order valence-electron chi connectivity index (χ3n) is 2.79. The molecular weight excluding hydrogens is 243 g/mol. The lowest BCUT2D eigenvalue weighted by atomic mass is 10.2. The maximum absolute atomic E-state index is 13.3. The monoisotopic (exact) mass is 258 g/mol. The van der Waals surface area contributed by atoms with Crippen molar-refractivity contribution in [3.63, 3.8) is 0 Å². The molecule has 0 spiro atoms. The largest absolute Gasteiger partial charge is 0.323 e. The first-order valence-corrected chi connectivity index (χ1v) is 5.96. The van der Waals surface area contributed by atoms with Gasteiger partial charge in [0.1, 0.15) is 5.82 Å². The molecule has 0 bridgehead atoms. The molecule has 3 nitrogen and oxygen atoms in total. The summed E-state index contributed by atoms with van der Waals surface area (Å²) >= 11 is 0. The summed E-state index contributed by atoms with van der Waals surface area (Å²) in [7, 11) is 0. The van der Waals surface area contributed by atoms with Gasteiger partial charge in [-0.05, 0) is 43.7 Å². The van der Waals surface area contributed by atoms with Crippen LogP contribution in [-0.4, -0.2) is 6.03 Å². The molecule has 98 valence electrons. The van der Waals surface area contributed by atoms with Gasteiger partial charge in [0.05, 0.1) is 0 Å². The van der Waals surface area contributed by atoms with Crippen molar-refractivity contribution in [3.05, 3.63) is 59.4 Å². The number of anilines is 2. The predicted octanol–water partition coefficient (Wildman–Crippen LogP) is 4.09. The molecule has 0 aliphatic heterocycles. The van der Waals surface area contributed by atoms with Crippen LogP contribution in [0.2, 0.25) is 0 Å². The maximum Gasteiger partial charge on any atom is 0.323 e. The molecule has 0 heterocycles. The van der Waals surface area contributed by atoms with E-state index >= 15 is 0 Å². The smallest absolute Gasteiger partial charge is 0.308 e. The second-order valence-corrected chi connectivity index (χ2v) is 4.36. The Morgan fingerprint density at radius 2 is 1.79 bits per heavy atom. The summed E-state index contributed by atoms with van der Waals surface area (Å²) in [6, 6.07) is 11.7. The highest BCUT2D eigenvalue weighted by molar-refractivity contribution is 6.00. The number of benzene rings is 2. The van der Waals surface area contributed by atoms with Crippen LogP contribution >= 0.6 is 0 Å². The highest BCUT2D eigenvalue weighted by atomic mass is 19.1. The van der Waals surface area contributed by atoms with Crippen LogP contribution in [0.3, 0.4) is 0 Å². The van der Waals surface area contributed by atoms with Crippen LogP contribution in [-0.2, 0) is 0 Å². The minimum atomic E-state index is -0.390. The quantitative estimate of drug-likeness (QED) is 0.837. The van der Waals surface area contributed by atoms with Crippen LogP contribution < -0.4 is 10.6 Å². The first-order chi connectivity index (χ1) is 9.06. The zero-order valence-corrected chi connectivity index (χ0v) is 10.8. The molecule has 2 amide bonds. The number of carbonyl (C=O) groups is 1. The van der Waals surface area contributed by atoms with E-state index in [-0.39, 0.29) is 11.8 Å². The van der Waals surface area contributed by atoms with Crippen LogP contribution in [0.15, 0.2) is 42.5 Å². The van der Waals surface area contributed by atoms with E-state index in [1.807, 2.05) is 25.1 Å². The van der Waals surface area contributed by atoms with Gasteiger partial charge in [0.2, 0.25) is 0 Å². The molecule has 0 atom stereocenters. The van der Waals surface area contributed by atoms with Crippen molar-refractivity contribution >= 4 is 17.4 Å². The number of carbonyl (C=O) groups excluding carboxylic acids is 1. The van der Waals surface area contributed by atoms with Gasteiger partial charge in [0.25, 0.3) is 0 Å². The Kier molecular flexibility index (Phi) is 3.80. The zero-order valence-electron chi connectivity index (χ0n) is 10.8. The molecule has 0 saturated carbocycles. The standard InChI is InChI=1S/C15H15FN2O/c1-10-5-3-6-12(9-10)17-15(19)18-14-8-4-7-13(16)11(14)2/h3-9H,1-2H3,(H2,17,18,19). The highest BCUT2D eigenvalue weighted by Crippen LogP contribution is 2.18. The van der Waals surface area contributed by atoms with Gasteiger partial charge in [0.15, 0.2) is 0 Å². The van der Waals surface area contributed by atoms with Crippen molar-refractivity contribution in [3.8, 4) is 0 Å². The van der Waals surface area contributed by atoms with E-state index in [4.69, 9.17) is 0 Å². The van der Waals surface area contributed by atoms with Gasteiger partial charge in [-0.3, -0.25) is 0 Å². The maximum atomic E-state index is 13.3. The molecule has 2 aromatic rings. The first-order valence-electron chi connectivity index (χ1n) is 5.96. The van der Waals surface area contributed by atoms with Crippen molar-refractivity contribution in [1.29, 1.82) is 0 Å². The molecule has 0 aromatic heterocycles. The molecule has 0 fully saturated rings. The molecule has 0 unspecified atom stereocenters. The fourth-order valence-corrected chi connectivity index (χ4v) is 1.75. The topological polar surface area (TPSA) is 41.1 Å². The molecule has 19 heavy (non-hydrogen) atoms. The number of halogens is 1. The molecule has 0 aliphatic rings. The van der Waals surface area contributed by atoms with Gasteiger partial charge in [-0.2, -0.15) is 0 Å². The Bertz CT molecular complexity index is 611. The number of rotatable bonds is 2. The summed E-state index contributed by atoms with van der Waals surface area (Å²) < 4.78 is 13.3. The van der Waals surface area contributed by atoms with Crippen molar-refractivity contribution in [2.24, 2.45) is 0 Å². The second-order valence-electron chi connectivity index (χ2n) is 4.36. The van der Waals surface area contributed by atoms with E-state index in [9.17, 15) is 9.18 Å². The summed E-state index contributed by atoms with van der Waals surface area (Å²) in [6.07, 6.45) is 0. The average molecular weight is 258 g/mol. The molecule has 2 rings (SSSR count). The second kappa shape index (κ2) is 5.52. The summed E-state index contributed by atoms with van der Waals surface area (Å²) in [4.78, 5) is 11.8. The molecular formula is C15H15FN2O. The number of amides is 2. The van der Waals surface area contributed by atoms with Gasteiger partial charge in [-0.1, -0.05) is 18.2 Å². The lowest BCUT2D eigenvalue weighted by molar-refractivity contribution is 0.262. The van der Waals surface area contributed by atoms with E-state index in [1.165, 1.54) is 6.07 Å². The Hall–Kier alpha value is -2.36. The van der Waals surface area contributed by atoms with Gasteiger partial charge >= 0.3 is 6.03 Å². The SMILES string of the molecule is Cc1cccc(NC(=O)Nc2cccc(F)c2C)c1. The van der Waals surface area contributed by atoms with Crippen molar-refractivity contribution in [2.75, 3.05) is 10.6 Å². The number of hydrogen-bond donors (Lipinski definition) is 2. The molecule has 2 N–H and O–H groups in total. The third kappa shape index (κ3) is 3.31. The van der Waals surface area contributed by atoms with Gasteiger partial charge in [-0.25, -0.2) is 9.18 Å². The van der Waals surface area contributed by atoms with Gasteiger partial charge in [0, 0.05) is 16.9 Å². The number of aryl methyl sites for hydroxylation is 1. The van der Waals surface area contributed by atoms with Crippen LogP contribution in [0.25, 0.3) is 0 Å². The minimum absolute atomic E-state index is 0.339. The Morgan fingerprint density at radius 3 is 2.53 bits per heavy atom. The van der Waals surface area contributed by atoms with E-state index in [1.54, 1.807) is 25.1 Å². The molecule has 4 heteroatoms. The number of hydrogen-bond acceptors (Lipinski definition) is 1. The number of urea groups is 1. The molecule has 0 aliphatic carbocycles. The first kappa shape index (κ1) is 13.1. The van der Waals surface area contributed by atoms with Gasteiger partial charge < -0.3 is 10.6 Å². The molecule has 2 aromatic carbocycles. The molecule has 0 saturated heterocycles. The fourth-order valence-electron chi connectivity index (χ4n) is 1.75. The van der Waals surface area contributed by atoms with E-state index < -0.39 is 0 Å². The Balaban J connectivity index is 2.08. The summed E-state index contributed by atoms with van der Waals surface area (Å²) in [6.45, 7) is 3.57. The lowest BCUT2D eigenvalue weighted by Crippen LogP contribution is -2.20. The predicted molar refractivity (Wildman–Crippen MR) is 75.0 cm³/mol. The van der Waals surface area contributed by atoms with Gasteiger partial charge in [-0.15, -0.1) is 0 Å². The van der Waals surface area contributed by atoms with Crippen LogP contribution in [0.4, 0.5) is 20.6 Å². The lowest BCUT2D eigenvalue weighted by Gasteiger charge is -2.10. The van der Waals surface area contributed by atoms with E-state index in [0.29, 0.717) is 16.9 Å². The van der Waals surface area contributed by atoms with Crippen molar-refractivity contribution < 1.29 is 9.18 Å². The summed E-state index contributed by atoms with van der Waals surface area (Å²) in [5.41, 5.74) is 2.64. The summed E-state index contributed by atoms with van der Waals surface area (Å²) in [5.74, 6) is -0.339. The third-order valence-corrected chi connectivity index (χ3v) is 2.79. The normalized spacial score (nSPS) is 10.1. The molecule has 0 radical (unpaired) electrons. The van der Waals surface area contributed by atoms with Crippen LogP contribution in [0, 0.1) is 19.7 Å².